The van der Waals surface area contributed by atoms with Crippen molar-refractivity contribution in [2.75, 3.05) is 0 Å². The molecule has 2 aromatic rings. The van der Waals surface area contributed by atoms with Crippen molar-refractivity contribution in [3.8, 4) is 11.3 Å². The number of amidine groups is 2. The van der Waals surface area contributed by atoms with Crippen LogP contribution in [0.2, 0.25) is 0 Å². The summed E-state index contributed by atoms with van der Waals surface area (Å²) in [5.41, 5.74) is 14.4. The fourth-order valence-electron chi connectivity index (χ4n) is 2.67. The van der Waals surface area contributed by atoms with Crippen LogP contribution in [-0.2, 0) is 6.42 Å². The maximum absolute atomic E-state index is 7.77. The molecule has 0 saturated carbocycles. The second kappa shape index (κ2) is 4.63. The molecule has 3 rings (SSSR count). The minimum Gasteiger partial charge on any atom is -0.387 e. The van der Waals surface area contributed by atoms with Gasteiger partial charge in [0, 0.05) is 17.8 Å². The highest BCUT2D eigenvalue weighted by molar-refractivity contribution is 6.09. The van der Waals surface area contributed by atoms with Crippen LogP contribution in [0.5, 0.6) is 0 Å². The zero-order valence-corrected chi connectivity index (χ0v) is 11.5. The smallest absolute Gasteiger partial charge is 0.109 e. The van der Waals surface area contributed by atoms with Crippen LogP contribution in [0.3, 0.4) is 0 Å². The molecule has 21 heavy (non-hydrogen) atoms. The number of benzene rings is 1. The summed E-state index contributed by atoms with van der Waals surface area (Å²) in [6.45, 7) is 0. The molecule has 1 heterocycles. The fourth-order valence-corrected chi connectivity index (χ4v) is 2.67. The Balaban J connectivity index is 2.03. The predicted molar refractivity (Wildman–Crippen MR) is 85.2 cm³/mol. The van der Waals surface area contributed by atoms with Gasteiger partial charge in [0.25, 0.3) is 0 Å². The van der Waals surface area contributed by atoms with Gasteiger partial charge < -0.3 is 16.5 Å². The lowest BCUT2D eigenvalue weighted by Gasteiger charge is -2.30. The number of aromatic nitrogens is 1. The van der Waals surface area contributed by atoms with Gasteiger partial charge in [-0.05, 0) is 17.2 Å². The summed E-state index contributed by atoms with van der Waals surface area (Å²) >= 11 is 0. The molecule has 1 aromatic carbocycles. The van der Waals surface area contributed by atoms with Crippen LogP contribution in [0.1, 0.15) is 11.3 Å². The molecule has 0 unspecified atom stereocenters. The molecule has 0 fully saturated rings. The van der Waals surface area contributed by atoms with Crippen LogP contribution >= 0.6 is 0 Å². The van der Waals surface area contributed by atoms with Crippen molar-refractivity contribution in [2.45, 2.75) is 6.42 Å². The van der Waals surface area contributed by atoms with E-state index in [1.165, 1.54) is 0 Å². The van der Waals surface area contributed by atoms with Gasteiger partial charge >= 0.3 is 0 Å². The van der Waals surface area contributed by atoms with Crippen LogP contribution < -0.4 is 11.5 Å². The third kappa shape index (κ3) is 2.03. The SMILES string of the molecule is N=C(N)C1(C(=N)N)C=Cc2cc(-c3ccccc3)[nH]c2C1. The Kier molecular flexibility index (Phi) is 2.90. The first kappa shape index (κ1) is 13.2. The van der Waals surface area contributed by atoms with Gasteiger partial charge in [-0.25, -0.2) is 0 Å². The first-order valence-electron chi connectivity index (χ1n) is 6.68. The molecule has 0 atom stereocenters. The summed E-state index contributed by atoms with van der Waals surface area (Å²) in [5.74, 6) is -0.208. The molecule has 5 heteroatoms. The van der Waals surface area contributed by atoms with Crippen molar-refractivity contribution in [3.05, 3.63) is 53.7 Å². The fraction of sp³-hybridized carbons (Fsp3) is 0.125. The van der Waals surface area contributed by atoms with Crippen LogP contribution in [0.15, 0.2) is 42.5 Å². The van der Waals surface area contributed by atoms with Crippen molar-refractivity contribution >= 4 is 17.7 Å². The van der Waals surface area contributed by atoms with Gasteiger partial charge in [-0.3, -0.25) is 10.8 Å². The van der Waals surface area contributed by atoms with Crippen LogP contribution in [0.4, 0.5) is 0 Å². The molecule has 0 amide bonds. The van der Waals surface area contributed by atoms with Crippen LogP contribution in [0.25, 0.3) is 17.3 Å². The molecule has 0 radical (unpaired) electrons. The van der Waals surface area contributed by atoms with E-state index in [4.69, 9.17) is 22.3 Å². The Bertz CT molecular complexity index is 725. The van der Waals surface area contributed by atoms with Gasteiger partial charge in [-0.1, -0.05) is 42.5 Å². The second-order valence-electron chi connectivity index (χ2n) is 5.29. The number of hydrogen-bond acceptors (Lipinski definition) is 2. The highest BCUT2D eigenvalue weighted by Crippen LogP contribution is 2.34. The summed E-state index contributed by atoms with van der Waals surface area (Å²) in [7, 11) is 0. The molecule has 0 spiro atoms. The van der Waals surface area contributed by atoms with Gasteiger partial charge in [-0.2, -0.15) is 0 Å². The molecule has 1 aliphatic rings. The lowest BCUT2D eigenvalue weighted by Crippen LogP contribution is -2.48. The van der Waals surface area contributed by atoms with Gasteiger partial charge in [0.15, 0.2) is 0 Å². The molecule has 1 aromatic heterocycles. The van der Waals surface area contributed by atoms with E-state index in [1.54, 1.807) is 6.08 Å². The van der Waals surface area contributed by atoms with Crippen molar-refractivity contribution in [3.63, 3.8) is 0 Å². The lowest BCUT2D eigenvalue weighted by atomic mass is 9.76. The predicted octanol–water partition coefficient (Wildman–Crippen LogP) is 2.11. The molecular weight excluding hydrogens is 262 g/mol. The third-order valence-corrected chi connectivity index (χ3v) is 3.98. The molecule has 1 aliphatic carbocycles. The number of nitrogens with two attached hydrogens (primary N) is 2. The third-order valence-electron chi connectivity index (χ3n) is 3.98. The first-order valence-corrected chi connectivity index (χ1v) is 6.68. The molecular formula is C16H17N5. The maximum Gasteiger partial charge on any atom is 0.109 e. The normalized spacial score (nSPS) is 20.0. The first-order chi connectivity index (χ1) is 10.0. The monoisotopic (exact) mass is 279 g/mol. The average molecular weight is 279 g/mol. The summed E-state index contributed by atoms with van der Waals surface area (Å²) in [6.07, 6.45) is 4.05. The van der Waals surface area contributed by atoms with Gasteiger partial charge in [-0.15, -0.1) is 0 Å². The van der Waals surface area contributed by atoms with E-state index in [0.717, 1.165) is 22.5 Å². The minimum atomic E-state index is -1.01. The number of hydrogen-bond donors (Lipinski definition) is 5. The molecule has 7 N–H and O–H groups in total. The molecule has 5 nitrogen and oxygen atoms in total. The number of rotatable bonds is 3. The number of H-pyrrole nitrogens is 1. The van der Waals surface area contributed by atoms with Crippen molar-refractivity contribution in [1.29, 1.82) is 10.8 Å². The van der Waals surface area contributed by atoms with Crippen LogP contribution in [0, 0.1) is 16.2 Å². The van der Waals surface area contributed by atoms with Crippen LogP contribution in [-0.4, -0.2) is 16.7 Å². The summed E-state index contributed by atoms with van der Waals surface area (Å²) in [6, 6.07) is 12.1. The Hall–Kier alpha value is -2.82. The van der Waals surface area contributed by atoms with Gasteiger partial charge in [0.05, 0.1) is 0 Å². The summed E-state index contributed by atoms with van der Waals surface area (Å²) in [5, 5.41) is 15.5. The van der Waals surface area contributed by atoms with Gasteiger partial charge in [0.2, 0.25) is 0 Å². The Morgan fingerprint density at radius 1 is 1.10 bits per heavy atom. The summed E-state index contributed by atoms with van der Waals surface area (Å²) < 4.78 is 0. The Labute approximate surface area is 122 Å². The van der Waals surface area contributed by atoms with Crippen molar-refractivity contribution in [2.24, 2.45) is 16.9 Å². The van der Waals surface area contributed by atoms with E-state index in [9.17, 15) is 0 Å². The number of aromatic amines is 1. The lowest BCUT2D eigenvalue weighted by molar-refractivity contribution is 0.674. The quantitative estimate of drug-likeness (QED) is 0.437. The topological polar surface area (TPSA) is 116 Å². The molecule has 0 saturated heterocycles. The maximum atomic E-state index is 7.77. The average Bonchev–Trinajstić information content (AvgIpc) is 2.90. The second-order valence-corrected chi connectivity index (χ2v) is 5.29. The Morgan fingerprint density at radius 2 is 1.76 bits per heavy atom. The van der Waals surface area contributed by atoms with Crippen molar-refractivity contribution in [1.82, 2.24) is 4.98 Å². The van der Waals surface area contributed by atoms with E-state index < -0.39 is 5.41 Å². The molecule has 0 bridgehead atoms. The van der Waals surface area contributed by atoms with E-state index in [2.05, 4.69) is 11.1 Å². The highest BCUT2D eigenvalue weighted by Gasteiger charge is 2.38. The standard InChI is InChI=1S/C16H17N5/c17-14(18)16(15(19)20)7-6-11-8-12(21-13(11)9-16)10-4-2-1-3-5-10/h1-8,21H,9H2,(H3,17,18)(H3,19,20). The largest absolute Gasteiger partial charge is 0.387 e. The number of fused-ring (bicyclic) bond motifs is 1. The van der Waals surface area contributed by atoms with Crippen molar-refractivity contribution < 1.29 is 0 Å². The summed E-state index contributed by atoms with van der Waals surface area (Å²) in [4.78, 5) is 3.36. The Morgan fingerprint density at radius 3 is 2.38 bits per heavy atom. The van der Waals surface area contributed by atoms with E-state index in [0.29, 0.717) is 6.42 Å². The van der Waals surface area contributed by atoms with E-state index in [-0.39, 0.29) is 11.7 Å². The zero-order chi connectivity index (χ0) is 15.0. The van der Waals surface area contributed by atoms with Gasteiger partial charge in [0.1, 0.15) is 17.1 Å². The zero-order valence-electron chi connectivity index (χ0n) is 11.5. The number of nitrogens with one attached hydrogen (secondary N) is 3. The van der Waals surface area contributed by atoms with E-state index in [1.807, 2.05) is 36.4 Å². The minimum absolute atomic E-state index is 0.104. The molecule has 106 valence electrons. The highest BCUT2D eigenvalue weighted by atomic mass is 14.9. The van der Waals surface area contributed by atoms with E-state index >= 15 is 0 Å². The molecule has 0 aliphatic heterocycles.